The third-order valence-electron chi connectivity index (χ3n) is 2.99. The number of hydrogen-bond acceptors (Lipinski definition) is 2. The topological polar surface area (TPSA) is 24.9 Å². The van der Waals surface area contributed by atoms with Crippen LogP contribution in [0.4, 0.5) is 4.39 Å². The predicted molar refractivity (Wildman–Crippen MR) is 70.9 cm³/mol. The Morgan fingerprint density at radius 3 is 2.50 bits per heavy atom. The minimum atomic E-state index is -0.190. The molecular formula is C15H17FN2. The van der Waals surface area contributed by atoms with Crippen LogP contribution in [-0.4, -0.2) is 18.1 Å². The second kappa shape index (κ2) is 6.26. The van der Waals surface area contributed by atoms with Gasteiger partial charge in [-0.2, -0.15) is 0 Å². The van der Waals surface area contributed by atoms with Crippen molar-refractivity contribution in [3.8, 4) is 0 Å². The fraction of sp³-hybridized carbons (Fsp3) is 0.267. The quantitative estimate of drug-likeness (QED) is 0.874. The summed E-state index contributed by atoms with van der Waals surface area (Å²) in [4.78, 5) is 4.32. The normalized spacial score (nSPS) is 12.3. The van der Waals surface area contributed by atoms with Crippen LogP contribution in [0.5, 0.6) is 0 Å². The Morgan fingerprint density at radius 2 is 1.89 bits per heavy atom. The predicted octanol–water partition coefficient (Wildman–Crippen LogP) is 2.59. The van der Waals surface area contributed by atoms with Gasteiger partial charge in [-0.1, -0.05) is 18.2 Å². The molecule has 1 unspecified atom stereocenters. The van der Waals surface area contributed by atoms with Crippen molar-refractivity contribution in [2.75, 3.05) is 7.05 Å². The van der Waals surface area contributed by atoms with Crippen molar-refractivity contribution in [2.24, 2.45) is 0 Å². The molecule has 0 spiro atoms. The zero-order chi connectivity index (χ0) is 12.8. The van der Waals surface area contributed by atoms with Crippen LogP contribution in [0.15, 0.2) is 48.7 Å². The molecule has 2 nitrogen and oxygen atoms in total. The molecular weight excluding hydrogens is 227 g/mol. The second-order valence-electron chi connectivity index (χ2n) is 4.34. The molecule has 0 aliphatic rings. The van der Waals surface area contributed by atoms with Crippen LogP contribution < -0.4 is 5.32 Å². The molecule has 0 amide bonds. The second-order valence-corrected chi connectivity index (χ2v) is 4.34. The summed E-state index contributed by atoms with van der Waals surface area (Å²) in [6, 6.07) is 12.9. The lowest BCUT2D eigenvalue weighted by molar-refractivity contribution is 0.549. The minimum Gasteiger partial charge on any atom is -0.316 e. The lowest BCUT2D eigenvalue weighted by atomic mass is 10.0. The minimum absolute atomic E-state index is 0.190. The van der Waals surface area contributed by atoms with E-state index in [1.54, 1.807) is 6.20 Å². The molecule has 0 saturated carbocycles. The summed E-state index contributed by atoms with van der Waals surface area (Å²) >= 11 is 0. The van der Waals surface area contributed by atoms with Gasteiger partial charge in [0, 0.05) is 24.4 Å². The average molecular weight is 244 g/mol. The number of halogens is 1. The smallest absolute Gasteiger partial charge is 0.123 e. The number of nitrogens with one attached hydrogen (secondary N) is 1. The summed E-state index contributed by atoms with van der Waals surface area (Å²) in [7, 11) is 1.94. The first kappa shape index (κ1) is 12.7. The van der Waals surface area contributed by atoms with E-state index < -0.39 is 0 Å². The van der Waals surface area contributed by atoms with Gasteiger partial charge in [-0.05, 0) is 43.3 Å². The molecule has 1 N–H and O–H groups in total. The highest BCUT2D eigenvalue weighted by molar-refractivity contribution is 5.18. The summed E-state index contributed by atoms with van der Waals surface area (Å²) in [5.41, 5.74) is 2.20. The summed E-state index contributed by atoms with van der Waals surface area (Å²) in [6.45, 7) is 0. The zero-order valence-corrected chi connectivity index (χ0v) is 10.4. The average Bonchev–Trinajstić information content (AvgIpc) is 2.41. The van der Waals surface area contributed by atoms with Crippen molar-refractivity contribution in [3.05, 3.63) is 65.7 Å². The van der Waals surface area contributed by atoms with E-state index in [0.717, 1.165) is 24.1 Å². The Bertz CT molecular complexity index is 468. The first-order valence-electron chi connectivity index (χ1n) is 6.09. The van der Waals surface area contributed by atoms with Crippen LogP contribution in [0.2, 0.25) is 0 Å². The Balaban J connectivity index is 1.99. The number of hydrogen-bond donors (Lipinski definition) is 1. The van der Waals surface area contributed by atoms with Gasteiger partial charge in [-0.25, -0.2) is 4.39 Å². The molecule has 0 fully saturated rings. The number of nitrogens with zero attached hydrogens (tertiary/aromatic N) is 1. The summed E-state index contributed by atoms with van der Waals surface area (Å²) in [5, 5.41) is 3.28. The molecule has 94 valence electrons. The zero-order valence-electron chi connectivity index (χ0n) is 10.4. The van der Waals surface area contributed by atoms with E-state index in [0.29, 0.717) is 6.04 Å². The maximum atomic E-state index is 12.8. The SMILES string of the molecule is CNC(Cc1ccc(F)cc1)Cc1ccccn1. The van der Waals surface area contributed by atoms with E-state index in [9.17, 15) is 4.39 Å². The molecule has 1 aromatic heterocycles. The number of benzene rings is 1. The monoisotopic (exact) mass is 244 g/mol. The Morgan fingerprint density at radius 1 is 1.11 bits per heavy atom. The summed E-state index contributed by atoms with van der Waals surface area (Å²) in [6.07, 6.45) is 3.54. The Labute approximate surface area is 107 Å². The van der Waals surface area contributed by atoms with Crippen molar-refractivity contribution < 1.29 is 4.39 Å². The fourth-order valence-electron chi connectivity index (χ4n) is 1.95. The fourth-order valence-corrected chi connectivity index (χ4v) is 1.95. The molecule has 0 bridgehead atoms. The van der Waals surface area contributed by atoms with Gasteiger partial charge < -0.3 is 5.32 Å². The number of pyridine rings is 1. The third-order valence-corrected chi connectivity index (χ3v) is 2.99. The van der Waals surface area contributed by atoms with Crippen LogP contribution in [0, 0.1) is 5.82 Å². The van der Waals surface area contributed by atoms with Crippen LogP contribution >= 0.6 is 0 Å². The van der Waals surface area contributed by atoms with Crippen molar-refractivity contribution in [3.63, 3.8) is 0 Å². The molecule has 2 aromatic rings. The number of likely N-dealkylation sites (N-methyl/N-ethyl adjacent to an activating group) is 1. The van der Waals surface area contributed by atoms with Gasteiger partial charge in [0.05, 0.1) is 0 Å². The highest BCUT2D eigenvalue weighted by Gasteiger charge is 2.09. The van der Waals surface area contributed by atoms with Crippen molar-refractivity contribution in [2.45, 2.75) is 18.9 Å². The van der Waals surface area contributed by atoms with Crippen molar-refractivity contribution in [1.82, 2.24) is 10.3 Å². The van der Waals surface area contributed by atoms with Gasteiger partial charge in [0.1, 0.15) is 5.82 Å². The molecule has 3 heteroatoms. The molecule has 0 radical (unpaired) electrons. The highest BCUT2D eigenvalue weighted by atomic mass is 19.1. The van der Waals surface area contributed by atoms with Crippen molar-refractivity contribution >= 4 is 0 Å². The first-order chi connectivity index (χ1) is 8.78. The maximum absolute atomic E-state index is 12.8. The first-order valence-corrected chi connectivity index (χ1v) is 6.09. The lowest BCUT2D eigenvalue weighted by Crippen LogP contribution is -2.30. The Kier molecular flexibility index (Phi) is 4.42. The highest BCUT2D eigenvalue weighted by Crippen LogP contribution is 2.08. The number of aromatic nitrogens is 1. The standard InChI is InChI=1S/C15H17FN2/c1-17-15(11-14-4-2-3-9-18-14)10-12-5-7-13(16)8-6-12/h2-9,15,17H,10-11H2,1H3. The van der Waals surface area contributed by atoms with Gasteiger partial charge in [0.2, 0.25) is 0 Å². The largest absolute Gasteiger partial charge is 0.316 e. The summed E-state index contributed by atoms with van der Waals surface area (Å²) in [5.74, 6) is -0.190. The molecule has 0 aliphatic heterocycles. The lowest BCUT2D eigenvalue weighted by Gasteiger charge is -2.15. The molecule has 1 aromatic carbocycles. The van der Waals surface area contributed by atoms with Crippen LogP contribution in [0.1, 0.15) is 11.3 Å². The van der Waals surface area contributed by atoms with E-state index in [-0.39, 0.29) is 5.82 Å². The molecule has 2 rings (SSSR count). The van der Waals surface area contributed by atoms with Gasteiger partial charge in [0.15, 0.2) is 0 Å². The maximum Gasteiger partial charge on any atom is 0.123 e. The molecule has 18 heavy (non-hydrogen) atoms. The Hall–Kier alpha value is -1.74. The molecule has 1 heterocycles. The third kappa shape index (κ3) is 3.64. The van der Waals surface area contributed by atoms with Gasteiger partial charge in [-0.3, -0.25) is 4.98 Å². The van der Waals surface area contributed by atoms with E-state index in [1.165, 1.54) is 12.1 Å². The van der Waals surface area contributed by atoms with E-state index in [2.05, 4.69) is 10.3 Å². The molecule has 0 aliphatic carbocycles. The molecule has 0 saturated heterocycles. The van der Waals surface area contributed by atoms with E-state index in [1.807, 2.05) is 37.4 Å². The van der Waals surface area contributed by atoms with Crippen molar-refractivity contribution in [1.29, 1.82) is 0 Å². The van der Waals surface area contributed by atoms with Gasteiger partial charge in [0.25, 0.3) is 0 Å². The van der Waals surface area contributed by atoms with Crippen LogP contribution in [-0.2, 0) is 12.8 Å². The molecule has 1 atom stereocenters. The number of rotatable bonds is 5. The van der Waals surface area contributed by atoms with E-state index in [4.69, 9.17) is 0 Å². The van der Waals surface area contributed by atoms with Crippen LogP contribution in [0.25, 0.3) is 0 Å². The van der Waals surface area contributed by atoms with Gasteiger partial charge in [-0.15, -0.1) is 0 Å². The van der Waals surface area contributed by atoms with Crippen LogP contribution in [0.3, 0.4) is 0 Å². The van der Waals surface area contributed by atoms with E-state index >= 15 is 0 Å². The summed E-state index contributed by atoms with van der Waals surface area (Å²) < 4.78 is 12.8. The van der Waals surface area contributed by atoms with Gasteiger partial charge >= 0.3 is 0 Å².